The minimum absolute atomic E-state index is 0.0383. The van der Waals surface area contributed by atoms with E-state index in [0.29, 0.717) is 23.8 Å². The number of ether oxygens (including phenoxy) is 1. The van der Waals surface area contributed by atoms with Crippen molar-refractivity contribution in [3.8, 4) is 11.4 Å². The zero-order chi connectivity index (χ0) is 37.6. The van der Waals surface area contributed by atoms with E-state index in [0.717, 1.165) is 12.0 Å². The number of halogens is 3. The van der Waals surface area contributed by atoms with Gasteiger partial charge in [-0.3, -0.25) is 18.9 Å². The van der Waals surface area contributed by atoms with Crippen LogP contribution in [0.5, 0.6) is 0 Å². The Hall–Kier alpha value is -5.30. The van der Waals surface area contributed by atoms with Crippen molar-refractivity contribution in [1.29, 1.82) is 0 Å². The molecule has 0 bridgehead atoms. The van der Waals surface area contributed by atoms with Gasteiger partial charge in [-0.15, -0.1) is 0 Å². The van der Waals surface area contributed by atoms with Crippen LogP contribution in [0.25, 0.3) is 11.4 Å². The number of alkyl halides is 3. The summed E-state index contributed by atoms with van der Waals surface area (Å²) in [5, 5.41) is 15.3. The van der Waals surface area contributed by atoms with E-state index < -0.39 is 45.5 Å². The number of hydrogen-bond donors (Lipinski definition) is 4. The van der Waals surface area contributed by atoms with Crippen LogP contribution in [0.15, 0.2) is 66.7 Å². The summed E-state index contributed by atoms with van der Waals surface area (Å²) in [4.78, 5) is 62.5. The summed E-state index contributed by atoms with van der Waals surface area (Å²) >= 11 is 0. The molecular weight excluding hydrogens is 701 g/mol. The number of rotatable bonds is 12. The van der Waals surface area contributed by atoms with E-state index in [-0.39, 0.29) is 51.3 Å². The van der Waals surface area contributed by atoms with Gasteiger partial charge in [0.2, 0.25) is 5.91 Å². The summed E-state index contributed by atoms with van der Waals surface area (Å²) in [6.07, 6.45) is -0.124. The molecule has 4 N–H and O–H groups in total. The zero-order valence-electron chi connectivity index (χ0n) is 27.4. The smallest absolute Gasteiger partial charge is 0.481 e. The summed E-state index contributed by atoms with van der Waals surface area (Å²) in [5.41, 5.74) is -3.64. The fourth-order valence-corrected chi connectivity index (χ4v) is 4.65. The van der Waals surface area contributed by atoms with Gasteiger partial charge in [0.1, 0.15) is 17.6 Å². The molecule has 0 radical (unpaired) electrons. The Morgan fingerprint density at radius 2 is 1.51 bits per heavy atom. The van der Waals surface area contributed by atoms with Crippen LogP contribution in [0.1, 0.15) is 35.8 Å². The van der Waals surface area contributed by atoms with Gasteiger partial charge in [-0.1, -0.05) is 60.7 Å². The van der Waals surface area contributed by atoms with Crippen molar-refractivity contribution in [2.75, 3.05) is 44.6 Å². The number of nitrogens with zero attached hydrogens (tertiary/aromatic N) is 4. The molecule has 1 fully saturated rings. The van der Waals surface area contributed by atoms with Crippen LogP contribution in [-0.2, 0) is 30.9 Å². The molecule has 15 nitrogen and oxygen atoms in total. The topological polar surface area (TPSA) is 208 Å². The third-order valence-corrected chi connectivity index (χ3v) is 7.80. The third kappa shape index (κ3) is 12.8. The lowest BCUT2D eigenvalue weighted by Gasteiger charge is -2.35. The average Bonchev–Trinajstić information content (AvgIpc) is 3.10. The Kier molecular flexibility index (Phi) is 14.7. The van der Waals surface area contributed by atoms with Crippen molar-refractivity contribution in [3.63, 3.8) is 0 Å². The highest BCUT2D eigenvalue weighted by Gasteiger charge is 2.44. The lowest BCUT2D eigenvalue weighted by molar-refractivity contribution is -0.138. The highest BCUT2D eigenvalue weighted by atomic mass is 32.2. The van der Waals surface area contributed by atoms with Crippen LogP contribution in [0.3, 0.4) is 0 Å². The molecule has 2 aromatic carbocycles. The highest BCUT2D eigenvalue weighted by Crippen LogP contribution is 2.21. The monoisotopic (exact) mass is 738 g/mol. The van der Waals surface area contributed by atoms with Gasteiger partial charge in [0, 0.05) is 50.8 Å². The van der Waals surface area contributed by atoms with Gasteiger partial charge in [-0.25, -0.2) is 14.8 Å². The van der Waals surface area contributed by atoms with Crippen molar-refractivity contribution < 1.29 is 55.2 Å². The number of amides is 3. The SMILES string of the molecule is CCOC(=O)N1CCN(C(=O)[C@H](CCC(=O)O)NC(=O)c2cc(NCCc3ccccc3)nc(-c3ccccc3)n2)CC1.O=S(=O)(O)C(F)(F)F. The minimum Gasteiger partial charge on any atom is -0.481 e. The van der Waals surface area contributed by atoms with Crippen molar-refractivity contribution in [3.05, 3.63) is 78.0 Å². The summed E-state index contributed by atoms with van der Waals surface area (Å²) < 4.78 is 62.6. The van der Waals surface area contributed by atoms with Gasteiger partial charge in [0.25, 0.3) is 5.91 Å². The van der Waals surface area contributed by atoms with Crippen molar-refractivity contribution in [2.24, 2.45) is 0 Å². The van der Waals surface area contributed by atoms with E-state index in [4.69, 9.17) is 17.7 Å². The average molecular weight is 739 g/mol. The maximum atomic E-state index is 13.5. The first kappa shape index (κ1) is 40.1. The van der Waals surface area contributed by atoms with Gasteiger partial charge in [0.15, 0.2) is 5.82 Å². The number of piperazine rings is 1. The molecule has 4 rings (SSSR count). The number of anilines is 1. The Bertz CT molecular complexity index is 1740. The Morgan fingerprint density at radius 3 is 2.06 bits per heavy atom. The van der Waals surface area contributed by atoms with E-state index in [1.54, 1.807) is 6.92 Å². The zero-order valence-corrected chi connectivity index (χ0v) is 28.2. The molecule has 19 heteroatoms. The van der Waals surface area contributed by atoms with Gasteiger partial charge >= 0.3 is 27.7 Å². The lowest BCUT2D eigenvalue weighted by atomic mass is 10.1. The second-order valence-corrected chi connectivity index (χ2v) is 12.3. The highest BCUT2D eigenvalue weighted by molar-refractivity contribution is 7.86. The molecule has 3 aromatic rings. The summed E-state index contributed by atoms with van der Waals surface area (Å²) in [7, 11) is -5.84. The number of carboxylic acid groups (broad SMARTS) is 1. The fourth-order valence-electron chi connectivity index (χ4n) is 4.65. The predicted molar refractivity (Wildman–Crippen MR) is 177 cm³/mol. The quantitative estimate of drug-likeness (QED) is 0.156. The Labute approximate surface area is 291 Å². The summed E-state index contributed by atoms with van der Waals surface area (Å²) in [6, 6.07) is 19.6. The molecule has 1 atom stereocenters. The van der Waals surface area contributed by atoms with Crippen LogP contribution >= 0.6 is 0 Å². The van der Waals surface area contributed by atoms with Gasteiger partial charge in [-0.05, 0) is 25.3 Å². The number of aliphatic carboxylic acids is 1. The van der Waals surface area contributed by atoms with E-state index in [9.17, 15) is 37.5 Å². The molecule has 1 aromatic heterocycles. The number of hydrogen-bond acceptors (Lipinski definition) is 10. The molecule has 3 amide bonds. The molecule has 0 aliphatic carbocycles. The Balaban J connectivity index is 0.000000783. The molecule has 0 saturated carbocycles. The van der Waals surface area contributed by atoms with E-state index in [1.807, 2.05) is 60.7 Å². The maximum absolute atomic E-state index is 13.5. The summed E-state index contributed by atoms with van der Waals surface area (Å²) in [6.45, 7) is 3.55. The van der Waals surface area contributed by atoms with Crippen LogP contribution in [0.2, 0.25) is 0 Å². The van der Waals surface area contributed by atoms with Crippen LogP contribution in [-0.4, -0.2) is 113 Å². The van der Waals surface area contributed by atoms with Gasteiger partial charge in [0.05, 0.1) is 6.61 Å². The first-order valence-corrected chi connectivity index (χ1v) is 17.0. The molecule has 276 valence electrons. The minimum atomic E-state index is -5.84. The number of benzene rings is 2. The second-order valence-electron chi connectivity index (χ2n) is 10.9. The molecule has 1 aliphatic rings. The molecular formula is C32H37F3N6O9S. The van der Waals surface area contributed by atoms with E-state index >= 15 is 0 Å². The number of carbonyl (C=O) groups excluding carboxylic acids is 3. The predicted octanol–water partition coefficient (Wildman–Crippen LogP) is 3.46. The van der Waals surface area contributed by atoms with Crippen molar-refractivity contribution in [1.82, 2.24) is 25.1 Å². The summed E-state index contributed by atoms with van der Waals surface area (Å²) in [5.74, 6) is -1.36. The number of nitrogens with one attached hydrogen (secondary N) is 2. The van der Waals surface area contributed by atoms with Crippen LogP contribution in [0, 0.1) is 0 Å². The second kappa shape index (κ2) is 18.6. The number of carbonyl (C=O) groups is 4. The van der Waals surface area contributed by atoms with Crippen molar-refractivity contribution in [2.45, 2.75) is 37.7 Å². The first-order chi connectivity index (χ1) is 24.1. The lowest BCUT2D eigenvalue weighted by Crippen LogP contribution is -2.56. The number of carboxylic acids is 1. The van der Waals surface area contributed by atoms with Gasteiger partial charge < -0.3 is 30.3 Å². The third-order valence-electron chi connectivity index (χ3n) is 7.21. The molecule has 1 saturated heterocycles. The largest absolute Gasteiger partial charge is 0.522 e. The molecule has 2 heterocycles. The molecule has 1 aliphatic heterocycles. The van der Waals surface area contributed by atoms with Crippen molar-refractivity contribution >= 4 is 39.8 Å². The molecule has 51 heavy (non-hydrogen) atoms. The van der Waals surface area contributed by atoms with E-state index in [2.05, 4.69) is 20.6 Å². The van der Waals surface area contributed by atoms with Gasteiger partial charge in [-0.2, -0.15) is 21.6 Å². The fraction of sp³-hybridized carbons (Fsp3) is 0.375. The maximum Gasteiger partial charge on any atom is 0.522 e. The Morgan fingerprint density at radius 1 is 0.941 bits per heavy atom. The molecule has 0 spiro atoms. The van der Waals surface area contributed by atoms with Crippen LogP contribution < -0.4 is 10.6 Å². The molecule has 0 unspecified atom stereocenters. The normalized spacial score (nSPS) is 13.7. The van der Waals surface area contributed by atoms with Crippen LogP contribution in [0.4, 0.5) is 23.8 Å². The standard InChI is InChI=1S/C31H36N6O6.CHF3O3S/c1-2-43-31(42)37-19-17-36(18-20-37)30(41)24(13-14-27(38)39)34-29(40)25-21-26(32-16-15-22-9-5-3-6-10-22)35-28(33-25)23-11-7-4-8-12-23;2-1(3,4)8(5,6)7/h3-12,21,24H,2,13-20H2,1H3,(H,34,40)(H,38,39)(H,32,33,35);(H,5,6,7)/t24-;/m0./s1. The van der Waals surface area contributed by atoms with E-state index in [1.165, 1.54) is 15.9 Å². The number of aromatic nitrogens is 2. The first-order valence-electron chi connectivity index (χ1n) is 15.6.